The van der Waals surface area contributed by atoms with E-state index in [0.717, 1.165) is 0 Å². The molecule has 22 heavy (non-hydrogen) atoms. The van der Waals surface area contributed by atoms with Crippen molar-refractivity contribution in [3.63, 3.8) is 0 Å². The number of nitrogens with zero attached hydrogens (tertiary/aromatic N) is 1. The second kappa shape index (κ2) is 6.41. The number of aromatic nitrogens is 1. The summed E-state index contributed by atoms with van der Waals surface area (Å²) in [5, 5.41) is 11.6. The molecule has 120 valence electrons. The van der Waals surface area contributed by atoms with Gasteiger partial charge >= 0.3 is 6.09 Å². The lowest BCUT2D eigenvalue weighted by Crippen LogP contribution is -2.27. The first-order valence-corrected chi connectivity index (χ1v) is 6.86. The highest BCUT2D eigenvalue weighted by Gasteiger charge is 2.21. The smallest absolute Gasteiger partial charge is 0.413 e. The minimum Gasteiger partial charge on any atom is -0.444 e. The predicted octanol–water partition coefficient (Wildman–Crippen LogP) is 2.34. The molecular weight excluding hydrogens is 291 g/mol. The highest BCUT2D eigenvalue weighted by Crippen LogP contribution is 2.27. The normalized spacial score (nSPS) is 15.1. The number of aliphatic hydroxyl groups is 1. The molecule has 1 aliphatic rings. The third kappa shape index (κ3) is 4.02. The van der Waals surface area contributed by atoms with Gasteiger partial charge in [-0.25, -0.2) is 9.78 Å². The topological polar surface area (TPSA) is 80.7 Å². The Morgan fingerprint density at radius 3 is 2.77 bits per heavy atom. The molecule has 1 aromatic rings. The first-order valence-electron chi connectivity index (χ1n) is 6.86. The van der Waals surface area contributed by atoms with E-state index in [9.17, 15) is 14.3 Å². The fourth-order valence-corrected chi connectivity index (χ4v) is 2.01. The van der Waals surface area contributed by atoms with Crippen molar-refractivity contribution in [2.75, 3.05) is 25.1 Å². The molecule has 0 aromatic carbocycles. The fraction of sp³-hybridized carbons (Fsp3) is 0.467. The highest BCUT2D eigenvalue weighted by molar-refractivity contribution is 5.84. The third-order valence-corrected chi connectivity index (χ3v) is 2.94. The SMILES string of the molecule is CC(C)(C)OC(=O)Nc1ccc(C2=C(CO)COC2)c(F)n1. The van der Waals surface area contributed by atoms with Gasteiger partial charge in [0.25, 0.3) is 0 Å². The monoisotopic (exact) mass is 310 g/mol. The maximum Gasteiger partial charge on any atom is 0.413 e. The van der Waals surface area contributed by atoms with Crippen LogP contribution in [0, 0.1) is 5.95 Å². The minimum atomic E-state index is -0.736. The summed E-state index contributed by atoms with van der Waals surface area (Å²) in [7, 11) is 0. The number of hydrogen-bond donors (Lipinski definition) is 2. The van der Waals surface area contributed by atoms with E-state index in [4.69, 9.17) is 9.47 Å². The molecule has 2 N–H and O–H groups in total. The summed E-state index contributed by atoms with van der Waals surface area (Å²) < 4.78 is 24.4. The summed E-state index contributed by atoms with van der Waals surface area (Å²) in [6.45, 7) is 5.51. The molecule has 0 saturated carbocycles. The second-order valence-electron chi connectivity index (χ2n) is 5.89. The number of anilines is 1. The molecule has 0 atom stereocenters. The van der Waals surface area contributed by atoms with Crippen LogP contribution in [0.4, 0.5) is 15.0 Å². The Balaban J connectivity index is 2.15. The Morgan fingerprint density at radius 1 is 1.45 bits per heavy atom. The summed E-state index contributed by atoms with van der Waals surface area (Å²) in [6.07, 6.45) is -0.702. The molecule has 0 aliphatic carbocycles. The first-order chi connectivity index (χ1) is 10.3. The minimum absolute atomic E-state index is 0.0561. The Labute approximate surface area is 128 Å². The van der Waals surface area contributed by atoms with Crippen LogP contribution in [-0.2, 0) is 9.47 Å². The number of pyridine rings is 1. The lowest BCUT2D eigenvalue weighted by Gasteiger charge is -2.19. The highest BCUT2D eigenvalue weighted by atomic mass is 19.1. The van der Waals surface area contributed by atoms with Gasteiger partial charge in [-0.15, -0.1) is 0 Å². The summed E-state index contributed by atoms with van der Waals surface area (Å²) in [5.41, 5.74) is 0.839. The Bertz CT molecular complexity index is 608. The van der Waals surface area contributed by atoms with Crippen LogP contribution in [0.5, 0.6) is 0 Å². The molecule has 0 fully saturated rings. The second-order valence-corrected chi connectivity index (χ2v) is 5.89. The van der Waals surface area contributed by atoms with Crippen LogP contribution in [0.15, 0.2) is 17.7 Å². The molecule has 0 bridgehead atoms. The van der Waals surface area contributed by atoms with Gasteiger partial charge in [-0.2, -0.15) is 4.39 Å². The largest absolute Gasteiger partial charge is 0.444 e. The molecule has 0 unspecified atom stereocenters. The Kier molecular flexibility index (Phi) is 4.77. The maximum absolute atomic E-state index is 14.1. The first kappa shape index (κ1) is 16.4. The molecule has 1 aliphatic heterocycles. The van der Waals surface area contributed by atoms with Crippen molar-refractivity contribution >= 4 is 17.5 Å². The van der Waals surface area contributed by atoms with Crippen LogP contribution in [0.2, 0.25) is 0 Å². The molecule has 1 amide bonds. The molecule has 1 aromatic heterocycles. The van der Waals surface area contributed by atoms with Gasteiger partial charge in [-0.3, -0.25) is 5.32 Å². The van der Waals surface area contributed by atoms with Crippen LogP contribution in [-0.4, -0.2) is 41.6 Å². The number of nitrogens with one attached hydrogen (secondary N) is 1. The van der Waals surface area contributed by atoms with Crippen molar-refractivity contribution in [1.29, 1.82) is 0 Å². The standard InChI is InChI=1S/C15H19FN2O4/c1-15(2,3)22-14(20)18-12-5-4-10(13(16)17-12)11-8-21-7-9(11)6-19/h4-5,19H,6-8H2,1-3H3,(H,17,18,20). The number of carbonyl (C=O) groups is 1. The zero-order chi connectivity index (χ0) is 16.3. The van der Waals surface area contributed by atoms with Gasteiger partial charge in [-0.05, 0) is 44.1 Å². The lowest BCUT2D eigenvalue weighted by molar-refractivity contribution is 0.0635. The van der Waals surface area contributed by atoms with Crippen molar-refractivity contribution in [1.82, 2.24) is 4.98 Å². The number of ether oxygens (including phenoxy) is 2. The van der Waals surface area contributed by atoms with Crippen LogP contribution in [0.25, 0.3) is 5.57 Å². The number of aliphatic hydroxyl groups excluding tert-OH is 1. The molecule has 7 heteroatoms. The average Bonchev–Trinajstić information content (AvgIpc) is 2.84. The zero-order valence-corrected chi connectivity index (χ0v) is 12.8. The fourth-order valence-electron chi connectivity index (χ4n) is 2.01. The molecular formula is C15H19FN2O4. The van der Waals surface area contributed by atoms with Crippen LogP contribution < -0.4 is 5.32 Å². The van der Waals surface area contributed by atoms with Gasteiger partial charge in [-0.1, -0.05) is 0 Å². The summed E-state index contributed by atoms with van der Waals surface area (Å²) in [4.78, 5) is 15.3. The lowest BCUT2D eigenvalue weighted by atomic mass is 10.0. The van der Waals surface area contributed by atoms with Gasteiger partial charge in [0.05, 0.1) is 19.8 Å². The molecule has 0 saturated heterocycles. The number of hydrogen-bond acceptors (Lipinski definition) is 5. The molecule has 0 radical (unpaired) electrons. The quantitative estimate of drug-likeness (QED) is 0.838. The van der Waals surface area contributed by atoms with E-state index < -0.39 is 17.6 Å². The molecule has 2 heterocycles. The van der Waals surface area contributed by atoms with E-state index in [-0.39, 0.29) is 31.2 Å². The predicted molar refractivity (Wildman–Crippen MR) is 78.9 cm³/mol. The molecule has 0 spiro atoms. The average molecular weight is 310 g/mol. The van der Waals surface area contributed by atoms with Crippen molar-refractivity contribution in [2.24, 2.45) is 0 Å². The van der Waals surface area contributed by atoms with Crippen LogP contribution in [0.3, 0.4) is 0 Å². The van der Waals surface area contributed by atoms with E-state index in [2.05, 4.69) is 10.3 Å². The third-order valence-electron chi connectivity index (χ3n) is 2.94. The van der Waals surface area contributed by atoms with E-state index >= 15 is 0 Å². The van der Waals surface area contributed by atoms with Gasteiger partial charge in [0.15, 0.2) is 0 Å². The van der Waals surface area contributed by atoms with Gasteiger partial charge in [0.2, 0.25) is 5.95 Å². The van der Waals surface area contributed by atoms with Crippen LogP contribution >= 0.6 is 0 Å². The van der Waals surface area contributed by atoms with E-state index in [1.54, 1.807) is 20.8 Å². The maximum atomic E-state index is 14.1. The number of amides is 1. The van der Waals surface area contributed by atoms with E-state index in [1.165, 1.54) is 12.1 Å². The summed E-state index contributed by atoms with van der Waals surface area (Å²) in [5.74, 6) is -0.680. The van der Waals surface area contributed by atoms with Crippen molar-refractivity contribution in [3.05, 3.63) is 29.2 Å². The Hall–Kier alpha value is -1.99. The number of carbonyl (C=O) groups excluding carboxylic acids is 1. The number of rotatable bonds is 3. The van der Waals surface area contributed by atoms with E-state index in [0.29, 0.717) is 11.1 Å². The Morgan fingerprint density at radius 2 is 2.18 bits per heavy atom. The van der Waals surface area contributed by atoms with E-state index in [1.807, 2.05) is 0 Å². The van der Waals surface area contributed by atoms with Gasteiger partial charge < -0.3 is 14.6 Å². The molecule has 6 nitrogen and oxygen atoms in total. The van der Waals surface area contributed by atoms with Gasteiger partial charge in [0, 0.05) is 5.56 Å². The van der Waals surface area contributed by atoms with Crippen molar-refractivity contribution < 1.29 is 23.8 Å². The molecule has 2 rings (SSSR count). The summed E-state index contributed by atoms with van der Waals surface area (Å²) in [6, 6.07) is 2.97. The van der Waals surface area contributed by atoms with Crippen molar-refractivity contribution in [2.45, 2.75) is 26.4 Å². The summed E-state index contributed by atoms with van der Waals surface area (Å²) >= 11 is 0. The van der Waals surface area contributed by atoms with Crippen LogP contribution in [0.1, 0.15) is 26.3 Å². The number of halogens is 1. The zero-order valence-electron chi connectivity index (χ0n) is 12.8. The van der Waals surface area contributed by atoms with Gasteiger partial charge in [0.1, 0.15) is 11.4 Å². The van der Waals surface area contributed by atoms with Crippen molar-refractivity contribution in [3.8, 4) is 0 Å².